The zero-order valence-corrected chi connectivity index (χ0v) is 19.4. The van der Waals surface area contributed by atoms with Gasteiger partial charge in [0, 0.05) is 18.3 Å². The highest BCUT2D eigenvalue weighted by Gasteiger charge is 2.15. The number of methoxy groups -OCH3 is 1. The molecule has 13 heteroatoms. The lowest BCUT2D eigenvalue weighted by atomic mass is 10.2. The largest absolute Gasteiger partial charge is 0.493 e. The van der Waals surface area contributed by atoms with E-state index in [-0.39, 0.29) is 18.0 Å². The maximum atomic E-state index is 12.5. The molecule has 2 aromatic carbocycles. The van der Waals surface area contributed by atoms with Crippen molar-refractivity contribution < 1.29 is 24.0 Å². The number of hydrogen-bond donors (Lipinski definition) is 2. The van der Waals surface area contributed by atoms with Crippen LogP contribution in [0.25, 0.3) is 0 Å². The number of rotatable bonds is 10. The Labute approximate surface area is 201 Å². The Hall–Kier alpha value is -4.26. The lowest BCUT2D eigenvalue weighted by Crippen LogP contribution is -2.20. The van der Waals surface area contributed by atoms with Gasteiger partial charge >= 0.3 is 0 Å². The number of aromatic nitrogens is 2. The normalized spacial score (nSPS) is 10.8. The third kappa shape index (κ3) is 6.38. The summed E-state index contributed by atoms with van der Waals surface area (Å²) >= 11 is 3.30. The Balaban J connectivity index is 1.64. The van der Waals surface area contributed by atoms with Gasteiger partial charge in [0.15, 0.2) is 23.8 Å². The molecule has 0 unspecified atom stereocenters. The van der Waals surface area contributed by atoms with Crippen molar-refractivity contribution in [1.82, 2.24) is 15.2 Å². The van der Waals surface area contributed by atoms with E-state index in [9.17, 15) is 19.7 Å². The topological polar surface area (TPSA) is 164 Å². The number of hydrazone groups is 1. The lowest BCUT2D eigenvalue weighted by molar-refractivity contribution is -0.384. The van der Waals surface area contributed by atoms with Gasteiger partial charge in [0.1, 0.15) is 0 Å². The van der Waals surface area contributed by atoms with Crippen LogP contribution >= 0.6 is 15.9 Å². The number of nitro benzene ring substituents is 1. The van der Waals surface area contributed by atoms with Crippen LogP contribution in [0.5, 0.6) is 11.5 Å². The van der Waals surface area contributed by atoms with Crippen molar-refractivity contribution >= 4 is 39.6 Å². The second-order valence-corrected chi connectivity index (χ2v) is 7.67. The van der Waals surface area contributed by atoms with Crippen molar-refractivity contribution in [3.05, 3.63) is 80.1 Å². The van der Waals surface area contributed by atoms with Gasteiger partial charge in [0.2, 0.25) is 0 Å². The molecule has 12 nitrogen and oxygen atoms in total. The van der Waals surface area contributed by atoms with E-state index in [1.54, 1.807) is 36.5 Å². The molecule has 176 valence electrons. The molecular formula is C21H19BrN6O6. The molecule has 0 aliphatic heterocycles. The zero-order valence-electron chi connectivity index (χ0n) is 17.8. The molecule has 0 atom stereocenters. The van der Waals surface area contributed by atoms with Gasteiger partial charge < -0.3 is 15.2 Å². The number of ether oxygens (including phenoxy) is 2. The molecule has 0 radical (unpaired) electrons. The molecule has 3 N–H and O–H groups in total. The lowest BCUT2D eigenvalue weighted by Gasteiger charge is -2.09. The molecule has 0 spiro atoms. The van der Waals surface area contributed by atoms with Gasteiger partial charge in [0.25, 0.3) is 17.5 Å². The number of nitrogens with one attached hydrogen (secondary N) is 1. The summed E-state index contributed by atoms with van der Waals surface area (Å²) < 4.78 is 12.5. The summed E-state index contributed by atoms with van der Waals surface area (Å²) in [7, 11) is 1.46. The van der Waals surface area contributed by atoms with E-state index in [0.29, 0.717) is 28.1 Å². The van der Waals surface area contributed by atoms with E-state index in [4.69, 9.17) is 15.2 Å². The number of carbonyl (C=O) groups is 2. The predicted octanol–water partition coefficient (Wildman–Crippen LogP) is 2.24. The Morgan fingerprint density at radius 3 is 2.65 bits per heavy atom. The minimum atomic E-state index is -0.632. The number of hydrogen-bond acceptors (Lipinski definition) is 8. The third-order valence-electron chi connectivity index (χ3n) is 4.36. The van der Waals surface area contributed by atoms with Crippen LogP contribution in [-0.2, 0) is 11.3 Å². The van der Waals surface area contributed by atoms with Gasteiger partial charge in [-0.3, -0.25) is 24.4 Å². The van der Waals surface area contributed by atoms with Crippen molar-refractivity contribution in [2.75, 3.05) is 13.7 Å². The maximum Gasteiger partial charge on any atom is 0.293 e. The number of carbonyl (C=O) groups excluding carboxylic acids is 2. The van der Waals surface area contributed by atoms with E-state index >= 15 is 0 Å². The van der Waals surface area contributed by atoms with E-state index < -0.39 is 16.7 Å². The number of benzene rings is 2. The number of non-ortho nitro benzene ring substituents is 1. The van der Waals surface area contributed by atoms with Crippen molar-refractivity contribution in [3.8, 4) is 11.5 Å². The number of amides is 2. The zero-order chi connectivity index (χ0) is 24.7. The van der Waals surface area contributed by atoms with Crippen LogP contribution < -0.4 is 20.6 Å². The summed E-state index contributed by atoms with van der Waals surface area (Å²) in [5.74, 6) is -0.481. The molecule has 0 aliphatic carbocycles. The van der Waals surface area contributed by atoms with Crippen molar-refractivity contribution in [1.29, 1.82) is 0 Å². The molecular weight excluding hydrogens is 512 g/mol. The fraction of sp³-hybridized carbons (Fsp3) is 0.143. The standard InChI is InChI=1S/C21H19BrN6O6/c1-33-17-7-4-14(8-18(17)34-12-19(23)29)9-24-25-21(30)20-16(22)11-27(26-20)10-13-2-5-15(6-3-13)28(31)32/h2-9,11H,10,12H2,1H3,(H2,23,29)(H,25,30). The minimum absolute atomic E-state index is 0.00765. The fourth-order valence-corrected chi connectivity index (χ4v) is 3.29. The van der Waals surface area contributed by atoms with Gasteiger partial charge in [-0.15, -0.1) is 0 Å². The van der Waals surface area contributed by atoms with Crippen LogP contribution in [0.3, 0.4) is 0 Å². The Morgan fingerprint density at radius 1 is 1.26 bits per heavy atom. The van der Waals surface area contributed by atoms with Crippen LogP contribution in [0.2, 0.25) is 0 Å². The van der Waals surface area contributed by atoms with E-state index in [0.717, 1.165) is 5.56 Å². The highest BCUT2D eigenvalue weighted by molar-refractivity contribution is 9.10. The molecule has 3 aromatic rings. The SMILES string of the molecule is COc1ccc(C=NNC(=O)c2nn(Cc3ccc([N+](=O)[O-])cc3)cc2Br)cc1OCC(N)=O. The highest BCUT2D eigenvalue weighted by Crippen LogP contribution is 2.27. The molecule has 1 aromatic heterocycles. The molecule has 1 heterocycles. The van der Waals surface area contributed by atoms with Gasteiger partial charge in [-0.25, -0.2) is 5.43 Å². The summed E-state index contributed by atoms with van der Waals surface area (Å²) in [5, 5.41) is 18.9. The average Bonchev–Trinajstić information content (AvgIpc) is 3.18. The summed E-state index contributed by atoms with van der Waals surface area (Å²) in [6.07, 6.45) is 3.00. The molecule has 0 bridgehead atoms. The summed E-state index contributed by atoms with van der Waals surface area (Å²) in [5.41, 5.74) is 8.94. The van der Waals surface area contributed by atoms with Gasteiger partial charge in [-0.2, -0.15) is 10.2 Å². The van der Waals surface area contributed by atoms with Crippen LogP contribution in [0.15, 0.2) is 58.2 Å². The first kappa shape index (κ1) is 24.4. The number of halogens is 1. The summed E-state index contributed by atoms with van der Waals surface area (Å²) in [4.78, 5) is 33.7. The minimum Gasteiger partial charge on any atom is -0.493 e. The maximum absolute atomic E-state index is 12.5. The monoisotopic (exact) mass is 530 g/mol. The Morgan fingerprint density at radius 2 is 2.00 bits per heavy atom. The van der Waals surface area contributed by atoms with Crippen molar-refractivity contribution in [2.45, 2.75) is 6.54 Å². The summed E-state index contributed by atoms with van der Waals surface area (Å²) in [6.45, 7) is -0.00266. The second kappa shape index (κ2) is 11.0. The molecule has 3 rings (SSSR count). The van der Waals surface area contributed by atoms with Crippen LogP contribution in [-0.4, -0.2) is 46.4 Å². The van der Waals surface area contributed by atoms with Crippen LogP contribution in [0, 0.1) is 10.1 Å². The quantitative estimate of drug-likeness (QED) is 0.230. The molecule has 0 fully saturated rings. The number of nitro groups is 1. The number of nitrogens with zero attached hydrogens (tertiary/aromatic N) is 4. The predicted molar refractivity (Wildman–Crippen MR) is 125 cm³/mol. The molecule has 34 heavy (non-hydrogen) atoms. The van der Waals surface area contributed by atoms with Crippen LogP contribution in [0.4, 0.5) is 5.69 Å². The van der Waals surface area contributed by atoms with Gasteiger partial charge in [-0.05, 0) is 45.3 Å². The summed E-state index contributed by atoms with van der Waals surface area (Å²) in [6, 6.07) is 10.9. The Kier molecular flexibility index (Phi) is 7.92. The molecule has 0 saturated heterocycles. The van der Waals surface area contributed by atoms with E-state index in [1.807, 2.05) is 0 Å². The van der Waals surface area contributed by atoms with Gasteiger partial charge in [0.05, 0.1) is 29.3 Å². The van der Waals surface area contributed by atoms with E-state index in [1.165, 1.54) is 30.1 Å². The van der Waals surface area contributed by atoms with Crippen molar-refractivity contribution in [2.24, 2.45) is 10.8 Å². The Bertz CT molecular complexity index is 1240. The first-order valence-corrected chi connectivity index (χ1v) is 10.4. The third-order valence-corrected chi connectivity index (χ3v) is 4.94. The van der Waals surface area contributed by atoms with Gasteiger partial charge in [-0.1, -0.05) is 12.1 Å². The second-order valence-electron chi connectivity index (χ2n) is 6.81. The van der Waals surface area contributed by atoms with Crippen molar-refractivity contribution in [3.63, 3.8) is 0 Å². The van der Waals surface area contributed by atoms with Crippen LogP contribution in [0.1, 0.15) is 21.6 Å². The number of primary amides is 1. The first-order valence-electron chi connectivity index (χ1n) is 9.65. The fourth-order valence-electron chi connectivity index (χ4n) is 2.80. The number of nitrogens with two attached hydrogens (primary N) is 1. The molecule has 2 amide bonds. The molecule has 0 saturated carbocycles. The van der Waals surface area contributed by atoms with E-state index in [2.05, 4.69) is 31.6 Å². The smallest absolute Gasteiger partial charge is 0.293 e. The first-order chi connectivity index (χ1) is 16.3. The average molecular weight is 531 g/mol. The molecule has 0 aliphatic rings. The highest BCUT2D eigenvalue weighted by atomic mass is 79.9.